The first-order valence-corrected chi connectivity index (χ1v) is 5.76. The monoisotopic (exact) mass is 337 g/mol. The number of likely N-dealkylation sites (N-methyl/N-ethyl adjacent to an activating group) is 1. The van der Waals surface area contributed by atoms with Crippen LogP contribution in [0.3, 0.4) is 0 Å². The van der Waals surface area contributed by atoms with Gasteiger partial charge in [0, 0.05) is 13.1 Å². The van der Waals surface area contributed by atoms with E-state index in [4.69, 9.17) is 5.73 Å². The quantitative estimate of drug-likeness (QED) is 0.579. The molecule has 0 saturated carbocycles. The molecule has 6 heteroatoms. The molecule has 1 aromatic rings. The first kappa shape index (κ1) is 13.0. The van der Waals surface area contributed by atoms with Gasteiger partial charge in [0.15, 0.2) is 0 Å². The molecule has 1 amide bonds. The van der Waals surface area contributed by atoms with Crippen LogP contribution in [0.4, 0.5) is 15.8 Å². The maximum absolute atomic E-state index is 13.3. The van der Waals surface area contributed by atoms with Crippen molar-refractivity contribution in [1.29, 1.82) is 0 Å². The molecule has 88 valence electrons. The molecule has 1 rings (SSSR count). The van der Waals surface area contributed by atoms with Gasteiger partial charge in [-0.15, -0.1) is 0 Å². The Balaban J connectivity index is 2.89. The standard InChI is InChI=1S/C10H13FIN3O/c1-5(10(16)14-2)15-9-3-6(11)7(12)4-8(9)13/h3-5,15H,13H2,1-2H3,(H,14,16). The van der Waals surface area contributed by atoms with E-state index in [1.807, 2.05) is 22.6 Å². The molecule has 1 aromatic carbocycles. The van der Waals surface area contributed by atoms with E-state index in [0.717, 1.165) is 0 Å². The second-order valence-corrected chi connectivity index (χ2v) is 4.50. The summed E-state index contributed by atoms with van der Waals surface area (Å²) in [5, 5.41) is 5.34. The van der Waals surface area contributed by atoms with Gasteiger partial charge in [0.25, 0.3) is 0 Å². The van der Waals surface area contributed by atoms with Crippen LogP contribution in [0.5, 0.6) is 0 Å². The molecule has 0 heterocycles. The number of nitrogens with one attached hydrogen (secondary N) is 2. The summed E-state index contributed by atoms with van der Waals surface area (Å²) in [4.78, 5) is 11.3. The number of halogens is 2. The van der Waals surface area contributed by atoms with Gasteiger partial charge in [0.05, 0.1) is 14.9 Å². The van der Waals surface area contributed by atoms with Crippen molar-refractivity contribution < 1.29 is 9.18 Å². The Kier molecular flexibility index (Phi) is 4.34. The smallest absolute Gasteiger partial charge is 0.241 e. The number of carbonyl (C=O) groups excluding carboxylic acids is 1. The van der Waals surface area contributed by atoms with Gasteiger partial charge in [-0.3, -0.25) is 4.79 Å². The molecule has 0 saturated heterocycles. The minimum Gasteiger partial charge on any atom is -0.397 e. The maximum Gasteiger partial charge on any atom is 0.241 e. The van der Waals surface area contributed by atoms with Crippen LogP contribution >= 0.6 is 22.6 Å². The highest BCUT2D eigenvalue weighted by Crippen LogP contribution is 2.24. The number of nitrogens with two attached hydrogens (primary N) is 1. The van der Waals surface area contributed by atoms with Crippen molar-refractivity contribution in [3.63, 3.8) is 0 Å². The average molecular weight is 337 g/mol. The van der Waals surface area contributed by atoms with Gasteiger partial charge in [0.2, 0.25) is 5.91 Å². The van der Waals surface area contributed by atoms with Gasteiger partial charge in [-0.1, -0.05) is 0 Å². The van der Waals surface area contributed by atoms with Crippen molar-refractivity contribution in [2.24, 2.45) is 0 Å². The van der Waals surface area contributed by atoms with Crippen LogP contribution in [0.2, 0.25) is 0 Å². The molecule has 4 N–H and O–H groups in total. The summed E-state index contributed by atoms with van der Waals surface area (Å²) in [6, 6.07) is 2.34. The molecule has 1 atom stereocenters. The van der Waals surface area contributed by atoms with Crippen LogP contribution in [0, 0.1) is 9.39 Å². The molecule has 4 nitrogen and oxygen atoms in total. The minimum absolute atomic E-state index is 0.182. The third-order valence-corrected chi connectivity index (χ3v) is 2.93. The van der Waals surface area contributed by atoms with Crippen LogP contribution in [0.1, 0.15) is 6.92 Å². The Labute approximate surface area is 107 Å². The Morgan fingerprint density at radius 3 is 2.75 bits per heavy atom. The molecular formula is C10H13FIN3O. The van der Waals surface area contributed by atoms with E-state index in [0.29, 0.717) is 14.9 Å². The molecule has 0 bridgehead atoms. The number of amides is 1. The van der Waals surface area contributed by atoms with Gasteiger partial charge in [-0.25, -0.2) is 4.39 Å². The van der Waals surface area contributed by atoms with E-state index in [-0.39, 0.29) is 11.7 Å². The number of anilines is 2. The molecule has 0 aliphatic heterocycles. The van der Waals surface area contributed by atoms with Gasteiger partial charge < -0.3 is 16.4 Å². The highest BCUT2D eigenvalue weighted by atomic mass is 127. The van der Waals surface area contributed by atoms with E-state index in [1.165, 1.54) is 12.1 Å². The summed E-state index contributed by atoms with van der Waals surface area (Å²) in [6.45, 7) is 1.67. The second-order valence-electron chi connectivity index (χ2n) is 3.33. The SMILES string of the molecule is CNC(=O)C(C)Nc1cc(F)c(I)cc1N. The van der Waals surface area contributed by atoms with Crippen LogP contribution in [0.15, 0.2) is 12.1 Å². The topological polar surface area (TPSA) is 67.2 Å². The van der Waals surface area contributed by atoms with Crippen molar-refractivity contribution in [1.82, 2.24) is 5.32 Å². The molecule has 0 spiro atoms. The van der Waals surface area contributed by atoms with Crippen LogP contribution in [-0.2, 0) is 4.79 Å². The normalized spacial score (nSPS) is 12.0. The van der Waals surface area contributed by atoms with E-state index < -0.39 is 6.04 Å². The van der Waals surface area contributed by atoms with Crippen molar-refractivity contribution >= 4 is 39.9 Å². The fraction of sp³-hybridized carbons (Fsp3) is 0.300. The summed E-state index contributed by atoms with van der Waals surface area (Å²) in [5.74, 6) is -0.542. The van der Waals surface area contributed by atoms with Gasteiger partial charge in [-0.2, -0.15) is 0 Å². The zero-order valence-electron chi connectivity index (χ0n) is 8.97. The molecule has 0 aliphatic carbocycles. The number of carbonyl (C=O) groups is 1. The van der Waals surface area contributed by atoms with E-state index >= 15 is 0 Å². The van der Waals surface area contributed by atoms with Crippen LogP contribution in [0.25, 0.3) is 0 Å². The minimum atomic E-state index is -0.466. The number of hydrogen-bond donors (Lipinski definition) is 3. The highest BCUT2D eigenvalue weighted by molar-refractivity contribution is 14.1. The third-order valence-electron chi connectivity index (χ3n) is 2.10. The summed E-state index contributed by atoms with van der Waals surface area (Å²) >= 11 is 1.86. The van der Waals surface area contributed by atoms with Crippen molar-refractivity contribution in [2.45, 2.75) is 13.0 Å². The number of rotatable bonds is 3. The van der Waals surface area contributed by atoms with Crippen LogP contribution < -0.4 is 16.4 Å². The van der Waals surface area contributed by atoms with E-state index in [2.05, 4.69) is 10.6 Å². The van der Waals surface area contributed by atoms with Crippen molar-refractivity contribution in [3.05, 3.63) is 21.5 Å². The Morgan fingerprint density at radius 1 is 1.56 bits per heavy atom. The summed E-state index contributed by atoms with van der Waals surface area (Å²) in [7, 11) is 1.54. The number of nitrogen functional groups attached to an aromatic ring is 1. The average Bonchev–Trinajstić information content (AvgIpc) is 2.24. The second kappa shape index (κ2) is 5.33. The van der Waals surface area contributed by atoms with Crippen molar-refractivity contribution in [3.8, 4) is 0 Å². The lowest BCUT2D eigenvalue weighted by Crippen LogP contribution is -2.35. The zero-order chi connectivity index (χ0) is 12.3. The molecular weight excluding hydrogens is 324 g/mol. The summed E-state index contributed by atoms with van der Waals surface area (Å²) in [5.41, 5.74) is 6.56. The maximum atomic E-state index is 13.3. The summed E-state index contributed by atoms with van der Waals surface area (Å²) < 4.78 is 13.7. The fourth-order valence-electron chi connectivity index (χ4n) is 1.20. The predicted octanol–water partition coefficient (Wildman–Crippen LogP) is 1.56. The molecule has 0 aliphatic rings. The Hall–Kier alpha value is -1.05. The number of hydrogen-bond acceptors (Lipinski definition) is 3. The molecule has 1 unspecified atom stereocenters. The van der Waals surface area contributed by atoms with E-state index in [1.54, 1.807) is 14.0 Å². The Bertz CT molecular complexity index is 411. The number of benzene rings is 1. The molecule has 0 aromatic heterocycles. The van der Waals surface area contributed by atoms with Crippen LogP contribution in [-0.4, -0.2) is 19.0 Å². The zero-order valence-corrected chi connectivity index (χ0v) is 11.1. The molecule has 16 heavy (non-hydrogen) atoms. The predicted molar refractivity (Wildman–Crippen MR) is 70.7 cm³/mol. The third kappa shape index (κ3) is 2.97. The van der Waals surface area contributed by atoms with E-state index in [9.17, 15) is 9.18 Å². The first-order valence-electron chi connectivity index (χ1n) is 4.68. The van der Waals surface area contributed by atoms with Crippen molar-refractivity contribution in [2.75, 3.05) is 18.1 Å². The molecule has 0 fully saturated rings. The lowest BCUT2D eigenvalue weighted by Gasteiger charge is -2.15. The highest BCUT2D eigenvalue weighted by Gasteiger charge is 2.13. The lowest BCUT2D eigenvalue weighted by molar-refractivity contribution is -0.121. The van der Waals surface area contributed by atoms with Gasteiger partial charge in [0.1, 0.15) is 11.9 Å². The summed E-state index contributed by atoms with van der Waals surface area (Å²) in [6.07, 6.45) is 0. The van der Waals surface area contributed by atoms with Gasteiger partial charge in [-0.05, 0) is 35.6 Å². The largest absolute Gasteiger partial charge is 0.397 e. The first-order chi connectivity index (χ1) is 7.45. The molecule has 0 radical (unpaired) electrons. The lowest BCUT2D eigenvalue weighted by atomic mass is 10.2. The van der Waals surface area contributed by atoms with Gasteiger partial charge >= 0.3 is 0 Å². The fourth-order valence-corrected chi connectivity index (χ4v) is 1.69. The Morgan fingerprint density at radius 2 is 2.19 bits per heavy atom.